The Morgan fingerprint density at radius 1 is 1.33 bits per heavy atom. The smallest absolute Gasteiger partial charge is 0.0789 e. The second-order valence-corrected chi connectivity index (χ2v) is 3.21. The first-order chi connectivity index (χ1) is 5.77. The molecule has 0 fully saturated rings. The van der Waals surface area contributed by atoms with Crippen LogP contribution in [0.4, 0.5) is 0 Å². The molecule has 0 saturated heterocycles. The van der Waals surface area contributed by atoms with Gasteiger partial charge < -0.3 is 0 Å². The third-order valence-corrected chi connectivity index (χ3v) is 2.23. The first-order valence-corrected chi connectivity index (χ1v) is 4.16. The van der Waals surface area contributed by atoms with Crippen molar-refractivity contribution >= 4 is 12.7 Å². The third-order valence-electron chi connectivity index (χ3n) is 2.23. The monoisotopic (exact) mass is 155 g/mol. The summed E-state index contributed by atoms with van der Waals surface area (Å²) in [6.45, 7) is 7.85. The van der Waals surface area contributed by atoms with Crippen LogP contribution >= 0.6 is 0 Å². The Morgan fingerprint density at radius 3 is 3.00 bits per heavy atom. The Balaban J connectivity index is 2.85. The van der Waals surface area contributed by atoms with E-state index in [9.17, 15) is 0 Å². The molecule has 0 spiro atoms. The molecule has 1 aliphatic carbocycles. The molecule has 0 saturated carbocycles. The van der Waals surface area contributed by atoms with Crippen molar-refractivity contribution in [3.63, 3.8) is 0 Å². The molecule has 0 nitrogen and oxygen atoms in total. The number of hydrogen-bond donors (Lipinski definition) is 0. The number of benzene rings is 1. The van der Waals surface area contributed by atoms with Crippen molar-refractivity contribution in [3.8, 4) is 0 Å². The van der Waals surface area contributed by atoms with E-state index in [1.165, 1.54) is 16.3 Å². The first kappa shape index (κ1) is 7.27. The minimum Gasteiger partial charge on any atom is -0.0789 e. The molecule has 0 radical (unpaired) electrons. The van der Waals surface area contributed by atoms with Crippen LogP contribution in [0.1, 0.15) is 11.1 Å². The van der Waals surface area contributed by atoms with E-state index in [0.717, 1.165) is 11.6 Å². The fraction of sp³-hybridized carbons (Fsp3) is 0.167. The fourth-order valence-electron chi connectivity index (χ4n) is 1.67. The first-order valence-electron chi connectivity index (χ1n) is 4.16. The highest BCUT2D eigenvalue weighted by atomic mass is 14.0. The minimum atomic E-state index is 0.870. The summed E-state index contributed by atoms with van der Waals surface area (Å²) in [5.41, 5.74) is 2.62. The highest BCUT2D eigenvalue weighted by molar-refractivity contribution is 5.47. The second-order valence-electron chi connectivity index (χ2n) is 3.21. The van der Waals surface area contributed by atoms with Gasteiger partial charge >= 0.3 is 0 Å². The Morgan fingerprint density at radius 2 is 2.17 bits per heavy atom. The van der Waals surface area contributed by atoms with Crippen molar-refractivity contribution in [1.29, 1.82) is 0 Å². The standard InChI is InChI=1S/C12H11/c1-9-7-10(2)12-6-4-3-5-11(12)8-9/h1,3-4,6-8H,5H2,2H3/q+1. The van der Waals surface area contributed by atoms with Crippen LogP contribution < -0.4 is 10.4 Å². The van der Waals surface area contributed by atoms with Gasteiger partial charge in [-0.3, -0.25) is 0 Å². The van der Waals surface area contributed by atoms with Gasteiger partial charge in [0.05, 0.1) is 12.1 Å². The van der Waals surface area contributed by atoms with E-state index in [1.54, 1.807) is 0 Å². The van der Waals surface area contributed by atoms with Gasteiger partial charge in [0, 0.05) is 29.3 Å². The molecular formula is C12H11+. The van der Waals surface area contributed by atoms with Crippen LogP contribution in [0.2, 0.25) is 0 Å². The van der Waals surface area contributed by atoms with Crippen LogP contribution in [0.5, 0.6) is 0 Å². The fourth-order valence-corrected chi connectivity index (χ4v) is 1.67. The largest absolute Gasteiger partial charge is 0.181 e. The maximum Gasteiger partial charge on any atom is 0.181 e. The topological polar surface area (TPSA) is 0 Å². The number of fused-ring (bicyclic) bond motifs is 1. The van der Waals surface area contributed by atoms with Crippen molar-refractivity contribution in [2.24, 2.45) is 0 Å². The molecule has 0 aliphatic heterocycles. The quantitative estimate of drug-likeness (QED) is 0.493. The van der Waals surface area contributed by atoms with Gasteiger partial charge in [-0.1, -0.05) is 18.2 Å². The second kappa shape index (κ2) is 2.58. The summed E-state index contributed by atoms with van der Waals surface area (Å²) >= 11 is 0. The lowest BCUT2D eigenvalue weighted by Crippen LogP contribution is -2.19. The van der Waals surface area contributed by atoms with Crippen LogP contribution in [0.15, 0.2) is 24.3 Å². The predicted molar refractivity (Wildman–Crippen MR) is 52.2 cm³/mol. The van der Waals surface area contributed by atoms with E-state index < -0.39 is 0 Å². The lowest BCUT2D eigenvalue weighted by molar-refractivity contribution is 1.19. The molecule has 12 heavy (non-hydrogen) atoms. The lowest BCUT2D eigenvalue weighted by Gasteiger charge is -2.00. The number of hydrogen-bond acceptors (Lipinski definition) is 0. The van der Waals surface area contributed by atoms with Crippen molar-refractivity contribution < 1.29 is 0 Å². The molecule has 2 rings (SSSR count). The summed E-state index contributed by atoms with van der Waals surface area (Å²) in [7, 11) is 0. The highest BCUT2D eigenvalue weighted by Gasteiger charge is 2.04. The van der Waals surface area contributed by atoms with Crippen LogP contribution in [0, 0.1) is 6.92 Å². The van der Waals surface area contributed by atoms with Crippen molar-refractivity contribution in [3.05, 3.63) is 45.8 Å². The van der Waals surface area contributed by atoms with Gasteiger partial charge in [0.25, 0.3) is 0 Å². The summed E-state index contributed by atoms with van der Waals surface area (Å²) in [6.07, 6.45) is 7.41. The van der Waals surface area contributed by atoms with Gasteiger partial charge in [0.2, 0.25) is 0 Å². The van der Waals surface area contributed by atoms with Gasteiger partial charge in [0.1, 0.15) is 0 Å². The van der Waals surface area contributed by atoms with Gasteiger partial charge in [-0.15, -0.1) is 0 Å². The van der Waals surface area contributed by atoms with Crippen molar-refractivity contribution in [2.75, 3.05) is 0 Å². The number of aryl methyl sites for hydroxylation is 1. The molecule has 0 aromatic heterocycles. The molecule has 0 atom stereocenters. The SMILES string of the molecule is [CH+]=c1cc(C)c2c(c1)CC=CC=2. The normalized spacial score (nSPS) is 13.7. The lowest BCUT2D eigenvalue weighted by atomic mass is 10.00. The molecule has 1 aromatic carbocycles. The average Bonchev–Trinajstić information content (AvgIpc) is 2.04. The zero-order valence-electron chi connectivity index (χ0n) is 7.17. The summed E-state index contributed by atoms with van der Waals surface area (Å²) in [5, 5.41) is 2.21. The van der Waals surface area contributed by atoms with E-state index in [4.69, 9.17) is 6.58 Å². The summed E-state index contributed by atoms with van der Waals surface area (Å²) in [5.74, 6) is 0. The number of allylic oxidation sites excluding steroid dienone is 2. The molecule has 0 bridgehead atoms. The highest BCUT2D eigenvalue weighted by Crippen LogP contribution is 1.99. The van der Waals surface area contributed by atoms with E-state index >= 15 is 0 Å². The Bertz CT molecular complexity index is 436. The molecule has 0 unspecified atom stereocenters. The Hall–Kier alpha value is -1.39. The Kier molecular flexibility index (Phi) is 1.56. The van der Waals surface area contributed by atoms with Crippen LogP contribution in [0.3, 0.4) is 0 Å². The van der Waals surface area contributed by atoms with Gasteiger partial charge in [0.15, 0.2) is 5.22 Å². The van der Waals surface area contributed by atoms with E-state index in [0.29, 0.717) is 0 Å². The minimum absolute atomic E-state index is 0.870. The molecule has 0 heterocycles. The molecular weight excluding hydrogens is 144 g/mol. The molecule has 0 N–H and O–H groups in total. The van der Waals surface area contributed by atoms with Crippen LogP contribution in [-0.4, -0.2) is 0 Å². The predicted octanol–water partition coefficient (Wildman–Crippen LogP) is 1.18. The zero-order valence-corrected chi connectivity index (χ0v) is 7.17. The van der Waals surface area contributed by atoms with Gasteiger partial charge in [-0.2, -0.15) is 0 Å². The molecule has 1 aliphatic rings. The van der Waals surface area contributed by atoms with Gasteiger partial charge in [-0.05, 0) is 6.92 Å². The molecule has 58 valence electrons. The average molecular weight is 155 g/mol. The van der Waals surface area contributed by atoms with Crippen molar-refractivity contribution in [2.45, 2.75) is 13.3 Å². The zero-order chi connectivity index (χ0) is 8.55. The van der Waals surface area contributed by atoms with E-state index in [2.05, 4.69) is 31.2 Å². The molecule has 0 amide bonds. The Labute approximate surface area is 72.5 Å². The van der Waals surface area contributed by atoms with E-state index in [1.807, 2.05) is 6.07 Å². The summed E-state index contributed by atoms with van der Waals surface area (Å²) < 4.78 is 0. The maximum atomic E-state index is 5.74. The van der Waals surface area contributed by atoms with Crippen LogP contribution in [-0.2, 0) is 6.42 Å². The summed E-state index contributed by atoms with van der Waals surface area (Å²) in [4.78, 5) is 0. The maximum absolute atomic E-state index is 5.74. The van der Waals surface area contributed by atoms with Crippen LogP contribution in [0.25, 0.3) is 12.7 Å². The van der Waals surface area contributed by atoms with E-state index in [-0.39, 0.29) is 0 Å². The third kappa shape index (κ3) is 1.07. The van der Waals surface area contributed by atoms with Crippen molar-refractivity contribution in [1.82, 2.24) is 0 Å². The summed E-state index contributed by atoms with van der Waals surface area (Å²) in [6, 6.07) is 4.08. The molecule has 0 heteroatoms. The van der Waals surface area contributed by atoms with Gasteiger partial charge in [-0.25, -0.2) is 0 Å². The molecule has 1 aromatic rings. The number of rotatable bonds is 0.